The number of halogens is 2. The predicted octanol–water partition coefficient (Wildman–Crippen LogP) is 6.35. The number of aromatic nitrogens is 2. The number of nitrogens with zero attached hydrogens (tertiary/aromatic N) is 5. The number of hydrogen-bond donors (Lipinski definition) is 2. The molecule has 64 heavy (non-hydrogen) atoms. The van der Waals surface area contributed by atoms with Crippen LogP contribution in [0.15, 0.2) is 103 Å². The van der Waals surface area contributed by atoms with E-state index in [9.17, 15) is 33.7 Å². The SMILES string of the molecule is COc1cc2ncnc(N(Cc3ccc([N+](=O)[O-])cc3)c3ccc(F)c(Cl)c3)c2cc1OCCOCCOC(C)C(=O)Nc1cccc2c1CN(C1C(=O)NC3=CC(=O)CC=C31)C2=O. The summed E-state index contributed by atoms with van der Waals surface area (Å²) < 4.78 is 37.4. The Labute approximate surface area is 369 Å². The van der Waals surface area contributed by atoms with Crippen molar-refractivity contribution in [2.24, 2.45) is 0 Å². The lowest BCUT2D eigenvalue weighted by molar-refractivity contribution is -0.384. The Bertz CT molecular complexity index is 2770. The number of methoxy groups -OCH3 is 1. The van der Waals surface area contributed by atoms with Crippen LogP contribution < -0.4 is 25.0 Å². The molecule has 2 atom stereocenters. The molecule has 4 aromatic carbocycles. The number of nitro groups is 1. The number of fused-ring (bicyclic) bond motifs is 3. The van der Waals surface area contributed by atoms with E-state index in [1.54, 1.807) is 66.4 Å². The zero-order chi connectivity index (χ0) is 45.1. The van der Waals surface area contributed by atoms with Crippen LogP contribution in [-0.4, -0.2) is 89.0 Å². The van der Waals surface area contributed by atoms with Crippen molar-refractivity contribution in [2.75, 3.05) is 43.8 Å². The molecule has 1 aromatic heterocycles. The standard InChI is InChI=1S/C45H39ClFN7O10/c1-25(43(56)50-36-5-3-4-30-33(36)23-53(45(30)58)41-31-12-11-29(55)19-38(31)51-44(41)57)63-16-14-62-15-17-64-40-20-32-37(21-39(40)61-2)48-24-49-42(32)52(28-10-13-35(47)34(46)18-28)22-26-6-8-27(9-7-26)54(59)60/h3-10,12-13,18-21,24-25,41H,11,14-17,22-23H2,1-2H3,(H,50,56)(H,51,57). The number of allylic oxidation sites excluding steroid dienone is 2. The van der Waals surface area contributed by atoms with Gasteiger partial charge < -0.3 is 39.4 Å². The Morgan fingerprint density at radius 2 is 1.84 bits per heavy atom. The number of carbonyl (C=O) groups excluding carboxylic acids is 4. The van der Waals surface area contributed by atoms with Crippen molar-refractivity contribution >= 4 is 68.9 Å². The van der Waals surface area contributed by atoms with Gasteiger partial charge in [0, 0.05) is 82.9 Å². The predicted molar refractivity (Wildman–Crippen MR) is 231 cm³/mol. The minimum absolute atomic E-state index is 0.0648. The Hall–Kier alpha value is -7.28. The van der Waals surface area contributed by atoms with Crippen LogP contribution >= 0.6 is 11.6 Å². The minimum atomic E-state index is -0.888. The van der Waals surface area contributed by atoms with E-state index in [4.69, 9.17) is 30.5 Å². The number of anilines is 3. The lowest BCUT2D eigenvalue weighted by atomic mass is 9.99. The van der Waals surface area contributed by atoms with Gasteiger partial charge in [0.1, 0.15) is 36.7 Å². The summed E-state index contributed by atoms with van der Waals surface area (Å²) in [6, 6.07) is 17.8. The average Bonchev–Trinajstić information content (AvgIpc) is 3.79. The number of ether oxygens (including phenoxy) is 4. The zero-order valence-corrected chi connectivity index (χ0v) is 35.1. The molecule has 0 saturated carbocycles. The van der Waals surface area contributed by atoms with Crippen molar-refractivity contribution in [3.63, 3.8) is 0 Å². The lowest BCUT2D eigenvalue weighted by Gasteiger charge is -2.26. The van der Waals surface area contributed by atoms with Gasteiger partial charge in [0.2, 0.25) is 0 Å². The highest BCUT2D eigenvalue weighted by molar-refractivity contribution is 6.31. The topological polar surface area (TPSA) is 205 Å². The maximum absolute atomic E-state index is 14.3. The van der Waals surface area contributed by atoms with Crippen molar-refractivity contribution in [1.29, 1.82) is 0 Å². The van der Waals surface area contributed by atoms with Crippen LogP contribution in [0.2, 0.25) is 5.02 Å². The van der Waals surface area contributed by atoms with Gasteiger partial charge in [0.15, 0.2) is 17.3 Å². The quantitative estimate of drug-likeness (QED) is 0.0594. The molecule has 3 amide bonds. The molecule has 1 aliphatic carbocycles. The van der Waals surface area contributed by atoms with Gasteiger partial charge in [-0.2, -0.15) is 0 Å². The molecular weight excluding hydrogens is 853 g/mol. The Kier molecular flexibility index (Phi) is 12.6. The van der Waals surface area contributed by atoms with Crippen molar-refractivity contribution in [3.8, 4) is 11.5 Å². The van der Waals surface area contributed by atoms with Gasteiger partial charge in [0.05, 0.1) is 42.4 Å². The van der Waals surface area contributed by atoms with E-state index in [2.05, 4.69) is 20.6 Å². The van der Waals surface area contributed by atoms with Crippen LogP contribution in [-0.2, 0) is 36.9 Å². The second-order valence-corrected chi connectivity index (χ2v) is 15.2. The summed E-state index contributed by atoms with van der Waals surface area (Å²) in [5.41, 5.74) is 4.00. The van der Waals surface area contributed by atoms with Crippen LogP contribution in [0, 0.1) is 15.9 Å². The molecule has 0 radical (unpaired) electrons. The van der Waals surface area contributed by atoms with E-state index in [0.29, 0.717) is 67.6 Å². The molecule has 0 spiro atoms. The molecule has 5 aromatic rings. The Morgan fingerprint density at radius 3 is 2.61 bits per heavy atom. The number of carbonyl (C=O) groups is 4. The first-order valence-corrected chi connectivity index (χ1v) is 20.4. The maximum Gasteiger partial charge on any atom is 0.269 e. The van der Waals surface area contributed by atoms with E-state index in [0.717, 1.165) is 0 Å². The molecule has 3 aliphatic rings. The smallest absolute Gasteiger partial charge is 0.269 e. The van der Waals surface area contributed by atoms with Gasteiger partial charge in [-0.3, -0.25) is 29.3 Å². The molecule has 2 unspecified atom stereocenters. The fourth-order valence-electron chi connectivity index (χ4n) is 7.61. The summed E-state index contributed by atoms with van der Waals surface area (Å²) in [7, 11) is 1.49. The van der Waals surface area contributed by atoms with Crippen molar-refractivity contribution < 1.29 is 47.4 Å². The minimum Gasteiger partial charge on any atom is -0.493 e. The van der Waals surface area contributed by atoms with Crippen LogP contribution in [0.3, 0.4) is 0 Å². The highest BCUT2D eigenvalue weighted by Gasteiger charge is 2.45. The van der Waals surface area contributed by atoms with Gasteiger partial charge in [0.25, 0.3) is 23.4 Å². The summed E-state index contributed by atoms with van der Waals surface area (Å²) in [4.78, 5) is 74.5. The molecule has 328 valence electrons. The van der Waals surface area contributed by atoms with E-state index >= 15 is 0 Å². The average molecular weight is 892 g/mol. The maximum atomic E-state index is 14.3. The monoisotopic (exact) mass is 891 g/mol. The summed E-state index contributed by atoms with van der Waals surface area (Å²) in [5.74, 6) is -0.766. The van der Waals surface area contributed by atoms with Gasteiger partial charge in [-0.05, 0) is 48.9 Å². The van der Waals surface area contributed by atoms with Crippen molar-refractivity contribution in [1.82, 2.24) is 20.2 Å². The highest BCUT2D eigenvalue weighted by Crippen LogP contribution is 2.39. The summed E-state index contributed by atoms with van der Waals surface area (Å²) in [6.07, 6.45) is 3.68. The van der Waals surface area contributed by atoms with E-state index < -0.39 is 34.7 Å². The third-order valence-corrected chi connectivity index (χ3v) is 11.1. The summed E-state index contributed by atoms with van der Waals surface area (Å²) in [5, 5.41) is 17.3. The molecule has 0 bridgehead atoms. The molecule has 1 saturated heterocycles. The van der Waals surface area contributed by atoms with Crippen LogP contribution in [0.5, 0.6) is 11.5 Å². The number of nitrogens with one attached hydrogen (secondary N) is 2. The van der Waals surface area contributed by atoms with Gasteiger partial charge in [-0.15, -0.1) is 0 Å². The fourth-order valence-corrected chi connectivity index (χ4v) is 7.79. The summed E-state index contributed by atoms with van der Waals surface area (Å²) in [6.45, 7) is 2.32. The molecule has 2 aliphatic heterocycles. The number of nitro benzene ring substituents is 1. The molecule has 8 rings (SSSR count). The molecular formula is C45H39ClFN7O10. The van der Waals surface area contributed by atoms with E-state index in [1.165, 1.54) is 48.7 Å². The molecule has 2 N–H and O–H groups in total. The molecule has 1 fully saturated rings. The first kappa shape index (κ1) is 43.4. The fraction of sp³-hybridized carbons (Fsp3) is 0.244. The number of rotatable bonds is 17. The third kappa shape index (κ3) is 8.96. The first-order valence-electron chi connectivity index (χ1n) is 20.0. The number of benzene rings is 4. The third-order valence-electron chi connectivity index (χ3n) is 10.8. The number of non-ortho nitro benzene ring substituents is 1. The highest BCUT2D eigenvalue weighted by atomic mass is 35.5. The van der Waals surface area contributed by atoms with E-state index in [-0.39, 0.29) is 68.3 Å². The van der Waals surface area contributed by atoms with Gasteiger partial charge >= 0.3 is 0 Å². The van der Waals surface area contributed by atoms with Gasteiger partial charge in [-0.1, -0.05) is 35.9 Å². The number of amides is 3. The largest absolute Gasteiger partial charge is 0.493 e. The first-order chi connectivity index (χ1) is 30.9. The second kappa shape index (κ2) is 18.6. The molecule has 19 heteroatoms. The van der Waals surface area contributed by atoms with Crippen LogP contribution in [0.4, 0.5) is 27.3 Å². The van der Waals surface area contributed by atoms with Gasteiger partial charge in [-0.25, -0.2) is 14.4 Å². The summed E-state index contributed by atoms with van der Waals surface area (Å²) >= 11 is 6.20. The second-order valence-electron chi connectivity index (χ2n) is 14.8. The number of hydrogen-bond acceptors (Lipinski definition) is 13. The zero-order valence-electron chi connectivity index (χ0n) is 34.3. The lowest BCUT2D eigenvalue weighted by Crippen LogP contribution is -2.41. The number of ketones is 1. The van der Waals surface area contributed by atoms with Crippen molar-refractivity contribution in [2.45, 2.75) is 38.6 Å². The normalized spacial score (nSPS) is 15.8. The van der Waals surface area contributed by atoms with E-state index in [1.807, 2.05) is 0 Å². The molecule has 17 nitrogen and oxygen atoms in total. The Balaban J connectivity index is 0.864. The van der Waals surface area contributed by atoms with Crippen molar-refractivity contribution in [3.05, 3.63) is 140 Å². The van der Waals surface area contributed by atoms with Crippen LogP contribution in [0.1, 0.15) is 34.8 Å². The molecule has 3 heterocycles. The Morgan fingerprint density at radius 1 is 1.05 bits per heavy atom. The van der Waals surface area contributed by atoms with Crippen LogP contribution in [0.25, 0.3) is 10.9 Å².